The second kappa shape index (κ2) is 7.43. The maximum Gasteiger partial charge on any atom is 0.245 e. The van der Waals surface area contributed by atoms with E-state index in [1.165, 1.54) is 11.0 Å². The van der Waals surface area contributed by atoms with E-state index in [1.54, 1.807) is 20.4 Å². The lowest BCUT2D eigenvalue weighted by atomic mass is 10.3. The average molecular weight is 294 g/mol. The zero-order chi connectivity index (χ0) is 15.1. The minimum Gasteiger partial charge on any atom is -0.385 e. The van der Waals surface area contributed by atoms with Gasteiger partial charge in [0.15, 0.2) is 5.82 Å². The Morgan fingerprint density at radius 1 is 1.43 bits per heavy atom. The fourth-order valence-electron chi connectivity index (χ4n) is 1.76. The molecule has 0 saturated heterocycles. The Balaban J connectivity index is 1.85. The highest BCUT2D eigenvalue weighted by atomic mass is 16.5. The summed E-state index contributed by atoms with van der Waals surface area (Å²) in [6.45, 7) is 3.43. The smallest absolute Gasteiger partial charge is 0.245 e. The average Bonchev–Trinajstić information content (AvgIpc) is 3.16. The zero-order valence-electron chi connectivity index (χ0n) is 12.0. The minimum atomic E-state index is -0.482. The summed E-state index contributed by atoms with van der Waals surface area (Å²) < 4.78 is 8.28. The van der Waals surface area contributed by atoms with Crippen LogP contribution in [0.1, 0.15) is 25.2 Å². The van der Waals surface area contributed by atoms with Gasteiger partial charge in [0.25, 0.3) is 0 Å². The van der Waals surface area contributed by atoms with E-state index in [0.717, 1.165) is 13.0 Å². The number of tetrazole rings is 1. The van der Waals surface area contributed by atoms with Crippen molar-refractivity contribution in [1.29, 1.82) is 0 Å². The molecule has 0 unspecified atom stereocenters. The first-order valence-corrected chi connectivity index (χ1v) is 6.58. The van der Waals surface area contributed by atoms with E-state index in [0.29, 0.717) is 19.0 Å². The van der Waals surface area contributed by atoms with Crippen LogP contribution in [0.3, 0.4) is 0 Å². The summed E-state index contributed by atoms with van der Waals surface area (Å²) in [6.07, 6.45) is 3.90. The number of carbonyl (C=O) groups is 1. The van der Waals surface area contributed by atoms with E-state index in [2.05, 4.69) is 31.0 Å². The quantitative estimate of drug-likeness (QED) is 0.633. The Labute approximate surface area is 121 Å². The fourth-order valence-corrected chi connectivity index (χ4v) is 1.76. The molecule has 10 heteroatoms. The highest BCUT2D eigenvalue weighted by Gasteiger charge is 2.16. The maximum absolute atomic E-state index is 12.0. The lowest BCUT2D eigenvalue weighted by Crippen LogP contribution is -2.31. The molecule has 1 atom stereocenters. The van der Waals surface area contributed by atoms with E-state index < -0.39 is 6.04 Å². The largest absolute Gasteiger partial charge is 0.385 e. The summed E-state index contributed by atoms with van der Waals surface area (Å²) in [5, 5.41) is 21.4. The van der Waals surface area contributed by atoms with Crippen LogP contribution in [0.5, 0.6) is 0 Å². The third kappa shape index (κ3) is 4.05. The molecule has 21 heavy (non-hydrogen) atoms. The van der Waals surface area contributed by atoms with Crippen LogP contribution < -0.4 is 5.32 Å². The Hall–Kier alpha value is -2.36. The van der Waals surface area contributed by atoms with Crippen molar-refractivity contribution in [3.05, 3.63) is 18.5 Å². The van der Waals surface area contributed by atoms with Crippen molar-refractivity contribution < 1.29 is 9.53 Å². The van der Waals surface area contributed by atoms with E-state index in [9.17, 15) is 4.79 Å². The van der Waals surface area contributed by atoms with Crippen molar-refractivity contribution in [3.8, 4) is 0 Å². The van der Waals surface area contributed by atoms with Gasteiger partial charge in [0.1, 0.15) is 18.7 Å². The van der Waals surface area contributed by atoms with Crippen molar-refractivity contribution in [2.24, 2.45) is 0 Å². The second-order valence-electron chi connectivity index (χ2n) is 4.47. The lowest BCUT2D eigenvalue weighted by Gasteiger charge is -2.11. The van der Waals surface area contributed by atoms with Gasteiger partial charge in [0, 0.05) is 20.3 Å². The normalized spacial score (nSPS) is 12.3. The van der Waals surface area contributed by atoms with Crippen LogP contribution in [-0.4, -0.2) is 54.6 Å². The molecule has 10 nitrogen and oxygen atoms in total. The van der Waals surface area contributed by atoms with Gasteiger partial charge in [-0.1, -0.05) is 0 Å². The molecule has 2 rings (SSSR count). The standard InChI is InChI=1S/C11H18N8O2/c1-9(19-8-14-16-17-19)11(20)12-6-10-15-13-7-18(10)4-3-5-21-2/h7-9H,3-6H2,1-2H3,(H,12,20)/t9-/m0/s1. The lowest BCUT2D eigenvalue weighted by molar-refractivity contribution is -0.124. The monoisotopic (exact) mass is 294 g/mol. The first-order valence-electron chi connectivity index (χ1n) is 6.58. The van der Waals surface area contributed by atoms with Crippen LogP contribution >= 0.6 is 0 Å². The molecule has 2 aromatic heterocycles. The molecule has 114 valence electrons. The van der Waals surface area contributed by atoms with Gasteiger partial charge in [0.05, 0.1) is 6.54 Å². The van der Waals surface area contributed by atoms with Crippen LogP contribution in [0.25, 0.3) is 0 Å². The second-order valence-corrected chi connectivity index (χ2v) is 4.47. The molecule has 1 amide bonds. The molecule has 2 heterocycles. The molecule has 0 fully saturated rings. The number of amides is 1. The van der Waals surface area contributed by atoms with Crippen LogP contribution in [0, 0.1) is 0 Å². The molecule has 0 aliphatic carbocycles. The SMILES string of the molecule is COCCCn1cnnc1CNC(=O)[C@H](C)n1cnnn1. The number of aromatic nitrogens is 7. The van der Waals surface area contributed by atoms with Crippen LogP contribution in [0.2, 0.25) is 0 Å². The van der Waals surface area contributed by atoms with Gasteiger partial charge in [-0.3, -0.25) is 4.79 Å². The molecule has 1 N–H and O–H groups in total. The number of nitrogens with one attached hydrogen (secondary N) is 1. The van der Waals surface area contributed by atoms with Gasteiger partial charge < -0.3 is 14.6 Å². The van der Waals surface area contributed by atoms with Crippen LogP contribution in [0.15, 0.2) is 12.7 Å². The summed E-state index contributed by atoms with van der Waals surface area (Å²) in [5.41, 5.74) is 0. The topological polar surface area (TPSA) is 113 Å². The molecule has 0 saturated carbocycles. The van der Waals surface area contributed by atoms with Crippen molar-refractivity contribution in [2.45, 2.75) is 32.5 Å². The summed E-state index contributed by atoms with van der Waals surface area (Å²) in [7, 11) is 1.66. The number of hydrogen-bond donors (Lipinski definition) is 1. The highest BCUT2D eigenvalue weighted by Crippen LogP contribution is 2.03. The van der Waals surface area contributed by atoms with Gasteiger partial charge in [-0.15, -0.1) is 15.3 Å². The van der Waals surface area contributed by atoms with Crippen molar-refractivity contribution in [2.75, 3.05) is 13.7 Å². The predicted octanol–water partition coefficient (Wildman–Crippen LogP) is -0.821. The van der Waals surface area contributed by atoms with Gasteiger partial charge >= 0.3 is 0 Å². The third-order valence-corrected chi connectivity index (χ3v) is 3.01. The van der Waals surface area contributed by atoms with Crippen molar-refractivity contribution >= 4 is 5.91 Å². The first-order chi connectivity index (χ1) is 10.2. The fraction of sp³-hybridized carbons (Fsp3) is 0.636. The number of hydrogen-bond acceptors (Lipinski definition) is 7. The predicted molar refractivity (Wildman–Crippen MR) is 70.9 cm³/mol. The van der Waals surface area contributed by atoms with E-state index in [-0.39, 0.29) is 5.91 Å². The van der Waals surface area contributed by atoms with Crippen LogP contribution in [-0.2, 0) is 22.6 Å². The Morgan fingerprint density at radius 2 is 2.29 bits per heavy atom. The van der Waals surface area contributed by atoms with Gasteiger partial charge in [0.2, 0.25) is 5.91 Å². The van der Waals surface area contributed by atoms with E-state index in [1.807, 2.05) is 4.57 Å². The summed E-state index contributed by atoms with van der Waals surface area (Å²) in [4.78, 5) is 12.0. The third-order valence-electron chi connectivity index (χ3n) is 3.01. The summed E-state index contributed by atoms with van der Waals surface area (Å²) in [5.74, 6) is 0.511. The van der Waals surface area contributed by atoms with E-state index in [4.69, 9.17) is 4.74 Å². The molecule has 0 radical (unpaired) electrons. The minimum absolute atomic E-state index is 0.186. The first kappa shape index (κ1) is 15.0. The summed E-state index contributed by atoms with van der Waals surface area (Å²) >= 11 is 0. The van der Waals surface area contributed by atoms with Crippen molar-refractivity contribution in [1.82, 2.24) is 40.3 Å². The molecule has 0 aromatic carbocycles. The molecule has 2 aromatic rings. The van der Waals surface area contributed by atoms with Crippen molar-refractivity contribution in [3.63, 3.8) is 0 Å². The number of methoxy groups -OCH3 is 1. The zero-order valence-corrected chi connectivity index (χ0v) is 12.0. The maximum atomic E-state index is 12.0. The van der Waals surface area contributed by atoms with E-state index >= 15 is 0 Å². The highest BCUT2D eigenvalue weighted by molar-refractivity contribution is 5.79. The van der Waals surface area contributed by atoms with Gasteiger partial charge in [-0.05, 0) is 23.8 Å². The number of ether oxygens (including phenoxy) is 1. The number of rotatable bonds is 8. The molecule has 0 aliphatic heterocycles. The Morgan fingerprint density at radius 3 is 3.00 bits per heavy atom. The molecular weight excluding hydrogens is 276 g/mol. The Kier molecular flexibility index (Phi) is 5.32. The molecule has 0 aliphatic rings. The molecule has 0 spiro atoms. The molecular formula is C11H18N8O2. The number of carbonyl (C=O) groups excluding carboxylic acids is 1. The van der Waals surface area contributed by atoms with Gasteiger partial charge in [-0.2, -0.15) is 0 Å². The molecule has 0 bridgehead atoms. The van der Waals surface area contributed by atoms with Gasteiger partial charge in [-0.25, -0.2) is 4.68 Å². The summed E-state index contributed by atoms with van der Waals surface area (Å²) in [6, 6.07) is -0.482. The number of aryl methyl sites for hydroxylation is 1. The Bertz CT molecular complexity index is 552. The van der Waals surface area contributed by atoms with Crippen LogP contribution in [0.4, 0.5) is 0 Å². The number of nitrogens with zero attached hydrogens (tertiary/aromatic N) is 7.